The molecule has 2 aliphatic rings. The number of nitrogens with zero attached hydrogens (tertiary/aromatic N) is 7. The average molecular weight is 514 g/mol. The number of hydrogen-bond donors (Lipinski definition) is 2. The number of ether oxygens (including phenoxy) is 1. The molecule has 2 aliphatic heterocycles. The van der Waals surface area contributed by atoms with E-state index in [2.05, 4.69) is 53.9 Å². The van der Waals surface area contributed by atoms with Gasteiger partial charge in [0, 0.05) is 62.3 Å². The van der Waals surface area contributed by atoms with E-state index in [-0.39, 0.29) is 16.7 Å². The van der Waals surface area contributed by atoms with E-state index in [4.69, 9.17) is 22.1 Å². The molecule has 2 fully saturated rings. The lowest BCUT2D eigenvalue weighted by Crippen LogP contribution is -2.50. The Morgan fingerprint density at radius 3 is 2.53 bits per heavy atom. The molecule has 3 N–H and O–H groups in total. The quantitative estimate of drug-likeness (QED) is 0.494. The second-order valence-electron chi connectivity index (χ2n) is 9.05. The summed E-state index contributed by atoms with van der Waals surface area (Å²) in [6.45, 7) is 7.25. The fourth-order valence-corrected chi connectivity index (χ4v) is 4.53. The predicted molar refractivity (Wildman–Crippen MR) is 140 cm³/mol. The predicted octanol–water partition coefficient (Wildman–Crippen LogP) is 3.03. The molecule has 0 bridgehead atoms. The highest BCUT2D eigenvalue weighted by atomic mass is 35.5. The number of nitrogens with two attached hydrogens (primary N) is 1. The van der Waals surface area contributed by atoms with E-state index >= 15 is 4.39 Å². The highest BCUT2D eigenvalue weighted by molar-refractivity contribution is 6.32. The lowest BCUT2D eigenvalue weighted by Gasteiger charge is -2.39. The number of nitrogen functional groups attached to an aromatic ring is 1. The largest absolute Gasteiger partial charge is 0.393 e. The molecule has 0 radical (unpaired) electrons. The van der Waals surface area contributed by atoms with Crippen molar-refractivity contribution < 1.29 is 9.13 Å². The van der Waals surface area contributed by atoms with Gasteiger partial charge >= 0.3 is 0 Å². The van der Waals surface area contributed by atoms with Crippen LogP contribution in [0.2, 0.25) is 5.15 Å². The Morgan fingerprint density at radius 1 is 1.06 bits per heavy atom. The molecule has 1 atom stereocenters. The third kappa shape index (κ3) is 4.99. The molecule has 0 aliphatic carbocycles. The van der Waals surface area contributed by atoms with E-state index in [9.17, 15) is 0 Å². The van der Waals surface area contributed by atoms with E-state index in [1.54, 1.807) is 24.5 Å². The van der Waals surface area contributed by atoms with Gasteiger partial charge in [0.15, 0.2) is 11.0 Å². The second-order valence-corrected chi connectivity index (χ2v) is 9.41. The molecular formula is C24H29ClFN9O. The van der Waals surface area contributed by atoms with Crippen molar-refractivity contribution in [3.63, 3.8) is 0 Å². The minimum Gasteiger partial charge on any atom is -0.393 e. The number of anilines is 5. The molecule has 12 heteroatoms. The standard InChI is InChI=1S/C24H29ClFN9O/c1-15-13-35(4-3-33(15)2)20-10-18(26)17(9-19(20)32-23-21(27)22(25)30-14-31-23)16-11-28-24(29-12-16)34-5-7-36-8-6-34/h9-12,14-15H,3-8,13,27H2,1-2H3,(H,30,31,32)/t15-/m0/s1. The number of halogens is 2. The summed E-state index contributed by atoms with van der Waals surface area (Å²) in [5.74, 6) is 0.598. The molecule has 3 aromatic rings. The number of hydrogen-bond acceptors (Lipinski definition) is 10. The van der Waals surface area contributed by atoms with Gasteiger partial charge in [-0.05, 0) is 26.1 Å². The molecule has 2 saturated heterocycles. The summed E-state index contributed by atoms with van der Waals surface area (Å²) >= 11 is 6.11. The molecule has 10 nitrogen and oxygen atoms in total. The molecule has 190 valence electrons. The van der Waals surface area contributed by atoms with Crippen molar-refractivity contribution in [3.8, 4) is 11.1 Å². The number of benzene rings is 1. The maximum Gasteiger partial charge on any atom is 0.225 e. The van der Waals surface area contributed by atoms with Crippen LogP contribution in [0.3, 0.4) is 0 Å². The van der Waals surface area contributed by atoms with Crippen LogP contribution in [0.5, 0.6) is 0 Å². The van der Waals surface area contributed by atoms with Crippen molar-refractivity contribution in [2.45, 2.75) is 13.0 Å². The lowest BCUT2D eigenvalue weighted by molar-refractivity contribution is 0.122. The van der Waals surface area contributed by atoms with Crippen molar-refractivity contribution >= 4 is 40.4 Å². The van der Waals surface area contributed by atoms with Gasteiger partial charge in [0.05, 0.1) is 24.6 Å². The monoisotopic (exact) mass is 513 g/mol. The van der Waals surface area contributed by atoms with Gasteiger partial charge in [-0.15, -0.1) is 0 Å². The van der Waals surface area contributed by atoms with Gasteiger partial charge in [-0.25, -0.2) is 24.3 Å². The minimum absolute atomic E-state index is 0.150. The molecule has 4 heterocycles. The smallest absolute Gasteiger partial charge is 0.225 e. The van der Waals surface area contributed by atoms with E-state index in [0.717, 1.165) is 38.4 Å². The molecule has 0 amide bonds. The van der Waals surface area contributed by atoms with Crippen molar-refractivity contribution in [3.05, 3.63) is 41.8 Å². The minimum atomic E-state index is -0.362. The second kappa shape index (κ2) is 10.4. The average Bonchev–Trinajstić information content (AvgIpc) is 2.90. The highest BCUT2D eigenvalue weighted by Gasteiger charge is 2.25. The zero-order chi connectivity index (χ0) is 25.2. The van der Waals surface area contributed by atoms with Crippen LogP contribution in [-0.4, -0.2) is 83.9 Å². The van der Waals surface area contributed by atoms with E-state index in [1.807, 2.05) is 0 Å². The van der Waals surface area contributed by atoms with Crippen molar-refractivity contribution in [1.29, 1.82) is 0 Å². The van der Waals surface area contributed by atoms with Crippen molar-refractivity contribution in [1.82, 2.24) is 24.8 Å². The summed E-state index contributed by atoms with van der Waals surface area (Å²) < 4.78 is 21.0. The summed E-state index contributed by atoms with van der Waals surface area (Å²) in [4.78, 5) is 23.6. The Bertz CT molecular complexity index is 1220. The number of piperazine rings is 1. The Balaban J connectivity index is 1.52. The summed E-state index contributed by atoms with van der Waals surface area (Å²) in [6.07, 6.45) is 4.63. The maximum absolute atomic E-state index is 15.6. The number of likely N-dealkylation sites (N-methyl/N-ethyl adjacent to an activating group) is 1. The Hall–Kier alpha value is -3.28. The SMILES string of the molecule is C[C@H]1CN(c2cc(F)c(-c3cnc(N4CCOCC4)nc3)cc2Nc2ncnc(Cl)c2N)CCN1C. The number of nitrogens with one attached hydrogen (secondary N) is 1. The summed E-state index contributed by atoms with van der Waals surface area (Å²) in [5.41, 5.74) is 8.65. The van der Waals surface area contributed by atoms with Crippen molar-refractivity contribution in [2.75, 3.05) is 73.8 Å². The molecule has 2 aromatic heterocycles. The zero-order valence-electron chi connectivity index (χ0n) is 20.3. The van der Waals surface area contributed by atoms with Gasteiger partial charge in [-0.2, -0.15) is 0 Å². The van der Waals surface area contributed by atoms with Crippen LogP contribution in [0.4, 0.5) is 33.2 Å². The van der Waals surface area contributed by atoms with Crippen LogP contribution < -0.4 is 20.9 Å². The summed E-state index contributed by atoms with van der Waals surface area (Å²) in [5, 5.41) is 3.41. The molecule has 0 saturated carbocycles. The fourth-order valence-electron chi connectivity index (χ4n) is 4.40. The fraction of sp³-hybridized carbons (Fsp3) is 0.417. The van der Waals surface area contributed by atoms with E-state index in [1.165, 1.54) is 6.33 Å². The van der Waals surface area contributed by atoms with Crippen molar-refractivity contribution in [2.24, 2.45) is 0 Å². The Labute approximate surface area is 214 Å². The lowest BCUT2D eigenvalue weighted by atomic mass is 10.0. The van der Waals surface area contributed by atoms with Gasteiger partial charge in [0.1, 0.15) is 17.8 Å². The number of morpholine rings is 1. The van der Waals surface area contributed by atoms with Crippen LogP contribution in [0, 0.1) is 5.82 Å². The normalized spacial score (nSPS) is 18.9. The zero-order valence-corrected chi connectivity index (χ0v) is 21.0. The first-order chi connectivity index (χ1) is 17.4. The first-order valence-corrected chi connectivity index (χ1v) is 12.3. The third-order valence-electron chi connectivity index (χ3n) is 6.72. The Morgan fingerprint density at radius 2 is 1.81 bits per heavy atom. The van der Waals surface area contributed by atoms with Gasteiger partial charge in [0.2, 0.25) is 5.95 Å². The van der Waals surface area contributed by atoms with Gasteiger partial charge in [0.25, 0.3) is 0 Å². The van der Waals surface area contributed by atoms with E-state index in [0.29, 0.717) is 47.8 Å². The number of rotatable bonds is 5. The molecular weight excluding hydrogens is 485 g/mol. The molecule has 0 spiro atoms. The summed E-state index contributed by atoms with van der Waals surface area (Å²) in [7, 11) is 2.09. The van der Waals surface area contributed by atoms with E-state index < -0.39 is 0 Å². The topological polar surface area (TPSA) is 109 Å². The first kappa shape index (κ1) is 24.4. The highest BCUT2D eigenvalue weighted by Crippen LogP contribution is 2.37. The molecule has 1 aromatic carbocycles. The molecule has 0 unspecified atom stereocenters. The van der Waals surface area contributed by atoms with Gasteiger partial charge in [-0.3, -0.25) is 0 Å². The van der Waals surface area contributed by atoms with Crippen LogP contribution in [0.1, 0.15) is 6.92 Å². The third-order valence-corrected chi connectivity index (χ3v) is 7.02. The van der Waals surface area contributed by atoms with Crippen LogP contribution in [0.15, 0.2) is 30.9 Å². The first-order valence-electron chi connectivity index (χ1n) is 11.9. The van der Waals surface area contributed by atoms with Crippen LogP contribution >= 0.6 is 11.6 Å². The van der Waals surface area contributed by atoms with Crippen LogP contribution in [-0.2, 0) is 4.74 Å². The molecule has 5 rings (SSSR count). The number of aromatic nitrogens is 4. The Kier molecular flexibility index (Phi) is 7.04. The van der Waals surface area contributed by atoms with Crippen LogP contribution in [0.25, 0.3) is 11.1 Å². The van der Waals surface area contributed by atoms with Gasteiger partial charge < -0.3 is 30.5 Å². The van der Waals surface area contributed by atoms with Gasteiger partial charge in [-0.1, -0.05) is 11.6 Å². The maximum atomic E-state index is 15.6. The molecule has 36 heavy (non-hydrogen) atoms. The summed E-state index contributed by atoms with van der Waals surface area (Å²) in [6, 6.07) is 3.61.